The minimum absolute atomic E-state index is 0.0340. The molecule has 31 heavy (non-hydrogen) atoms. The summed E-state index contributed by atoms with van der Waals surface area (Å²) in [5.74, 6) is -1.23. The lowest BCUT2D eigenvalue weighted by Gasteiger charge is -2.29. The molecule has 0 N–H and O–H groups in total. The maximum atomic E-state index is 13.3. The summed E-state index contributed by atoms with van der Waals surface area (Å²) in [6, 6.07) is 8.51. The third kappa shape index (κ3) is 4.03. The van der Waals surface area contributed by atoms with Gasteiger partial charge in [-0.15, -0.1) is 0 Å². The molecule has 4 rings (SSSR count). The highest BCUT2D eigenvalue weighted by Gasteiger charge is 2.43. The van der Waals surface area contributed by atoms with Crippen molar-refractivity contribution in [2.24, 2.45) is 0 Å². The zero-order valence-electron chi connectivity index (χ0n) is 15.9. The second-order valence-electron chi connectivity index (χ2n) is 6.94. The Morgan fingerprint density at radius 1 is 0.871 bits per heavy atom. The molecule has 2 aromatic carbocycles. The Morgan fingerprint density at radius 3 is 2.10 bits per heavy atom. The monoisotopic (exact) mass is 470 g/mol. The molecule has 10 heteroatoms. The van der Waals surface area contributed by atoms with E-state index in [0.29, 0.717) is 26.3 Å². The highest BCUT2D eigenvalue weighted by molar-refractivity contribution is 6.46. The zero-order chi connectivity index (χ0) is 22.3. The fraction of sp³-hybridized carbons (Fsp3) is 0.238. The molecule has 0 aromatic heterocycles. The Labute approximate surface area is 185 Å². The maximum absolute atomic E-state index is 13.3. The van der Waals surface area contributed by atoms with Crippen LogP contribution in [0.3, 0.4) is 0 Å². The molecule has 2 aromatic rings. The average molecular weight is 471 g/mol. The van der Waals surface area contributed by atoms with Crippen LogP contribution in [-0.4, -0.2) is 43.0 Å². The summed E-state index contributed by atoms with van der Waals surface area (Å²) < 4.78 is 44.2. The van der Waals surface area contributed by atoms with Crippen molar-refractivity contribution in [1.29, 1.82) is 0 Å². The van der Waals surface area contributed by atoms with Crippen molar-refractivity contribution in [3.8, 4) is 0 Å². The molecule has 2 aliphatic heterocycles. The van der Waals surface area contributed by atoms with E-state index in [1.165, 1.54) is 30.3 Å². The van der Waals surface area contributed by atoms with Gasteiger partial charge in [0.05, 0.1) is 40.1 Å². The smallest absolute Gasteiger partial charge is 0.378 e. The van der Waals surface area contributed by atoms with Gasteiger partial charge in [-0.1, -0.05) is 35.3 Å². The number of nitrogens with zero attached hydrogens (tertiary/aromatic N) is 2. The van der Waals surface area contributed by atoms with Gasteiger partial charge in [-0.25, -0.2) is 4.90 Å². The lowest BCUT2D eigenvalue weighted by atomic mass is 10.0. The number of morpholine rings is 1. The molecular weight excluding hydrogens is 456 g/mol. The van der Waals surface area contributed by atoms with Gasteiger partial charge in [-0.2, -0.15) is 13.2 Å². The molecule has 1 fully saturated rings. The molecular formula is C21H15Cl2F3N2O3. The normalized spacial score (nSPS) is 17.7. The number of amides is 2. The second kappa shape index (κ2) is 8.18. The zero-order valence-corrected chi connectivity index (χ0v) is 17.4. The summed E-state index contributed by atoms with van der Waals surface area (Å²) in [6.45, 7) is 1.46. The average Bonchev–Trinajstić information content (AvgIpc) is 3.00. The Bertz CT molecular complexity index is 1080. The Balaban J connectivity index is 1.81. The van der Waals surface area contributed by atoms with Gasteiger partial charge in [0.15, 0.2) is 0 Å². The van der Waals surface area contributed by atoms with Gasteiger partial charge in [-0.05, 0) is 35.9 Å². The van der Waals surface area contributed by atoms with E-state index >= 15 is 0 Å². The lowest BCUT2D eigenvalue weighted by molar-refractivity contribution is -0.137. The number of alkyl halides is 3. The topological polar surface area (TPSA) is 49.9 Å². The van der Waals surface area contributed by atoms with Crippen molar-refractivity contribution < 1.29 is 27.5 Å². The number of anilines is 1. The fourth-order valence-corrected chi connectivity index (χ4v) is 3.84. The highest BCUT2D eigenvalue weighted by Crippen LogP contribution is 2.38. The molecule has 162 valence electrons. The molecule has 0 aliphatic carbocycles. The van der Waals surface area contributed by atoms with E-state index in [4.69, 9.17) is 27.9 Å². The quantitative estimate of drug-likeness (QED) is 0.613. The first-order valence-corrected chi connectivity index (χ1v) is 10.0. The van der Waals surface area contributed by atoms with E-state index in [9.17, 15) is 22.8 Å². The first kappa shape index (κ1) is 21.7. The number of imide groups is 1. The van der Waals surface area contributed by atoms with Crippen LogP contribution in [0.25, 0.3) is 5.57 Å². The molecule has 0 unspecified atom stereocenters. The van der Waals surface area contributed by atoms with Crippen LogP contribution in [0.2, 0.25) is 10.0 Å². The van der Waals surface area contributed by atoms with Gasteiger partial charge in [0, 0.05) is 13.1 Å². The summed E-state index contributed by atoms with van der Waals surface area (Å²) in [4.78, 5) is 29.3. The van der Waals surface area contributed by atoms with Crippen molar-refractivity contribution in [2.45, 2.75) is 6.18 Å². The van der Waals surface area contributed by atoms with E-state index in [-0.39, 0.29) is 32.6 Å². The highest BCUT2D eigenvalue weighted by atomic mass is 35.5. The molecule has 0 bridgehead atoms. The molecule has 1 saturated heterocycles. The fourth-order valence-electron chi connectivity index (χ4n) is 3.54. The van der Waals surface area contributed by atoms with Crippen molar-refractivity contribution in [3.05, 3.63) is 69.3 Å². The Morgan fingerprint density at radius 2 is 1.52 bits per heavy atom. The van der Waals surface area contributed by atoms with Crippen molar-refractivity contribution in [3.63, 3.8) is 0 Å². The van der Waals surface area contributed by atoms with Crippen LogP contribution >= 0.6 is 23.2 Å². The first-order valence-electron chi connectivity index (χ1n) is 9.27. The first-order chi connectivity index (χ1) is 14.7. The van der Waals surface area contributed by atoms with Gasteiger partial charge in [0.2, 0.25) is 0 Å². The van der Waals surface area contributed by atoms with E-state index in [1.807, 2.05) is 0 Å². The van der Waals surface area contributed by atoms with Crippen LogP contribution in [0.5, 0.6) is 0 Å². The van der Waals surface area contributed by atoms with E-state index in [0.717, 1.165) is 17.0 Å². The minimum atomic E-state index is -4.51. The summed E-state index contributed by atoms with van der Waals surface area (Å²) in [6.07, 6.45) is -4.51. The number of benzene rings is 2. The summed E-state index contributed by atoms with van der Waals surface area (Å²) in [7, 11) is 0. The molecule has 0 atom stereocenters. The predicted molar refractivity (Wildman–Crippen MR) is 110 cm³/mol. The standard InChI is InChI=1S/C21H15Cl2F3N2O3/c22-15-6-5-14(11-16(15)23)28-19(29)17(12-1-3-13(4-2-12)21(24,25)26)18(20(28)30)27-7-9-31-10-8-27/h1-6,11H,7-10H2. The third-order valence-corrected chi connectivity index (χ3v) is 5.79. The molecule has 2 heterocycles. The van der Waals surface area contributed by atoms with Gasteiger partial charge in [0.1, 0.15) is 5.70 Å². The Kier molecular flexibility index (Phi) is 5.72. The summed E-state index contributed by atoms with van der Waals surface area (Å²) in [5.41, 5.74) is -0.249. The summed E-state index contributed by atoms with van der Waals surface area (Å²) in [5, 5.41) is 0.421. The number of hydrogen-bond donors (Lipinski definition) is 0. The number of carbonyl (C=O) groups is 2. The minimum Gasteiger partial charge on any atom is -0.378 e. The van der Waals surface area contributed by atoms with Crippen molar-refractivity contribution in [2.75, 3.05) is 31.2 Å². The number of hydrogen-bond acceptors (Lipinski definition) is 4. The van der Waals surface area contributed by atoms with Gasteiger partial charge >= 0.3 is 6.18 Å². The van der Waals surface area contributed by atoms with Crippen LogP contribution in [-0.2, 0) is 20.5 Å². The van der Waals surface area contributed by atoms with Gasteiger partial charge in [0.25, 0.3) is 11.8 Å². The second-order valence-corrected chi connectivity index (χ2v) is 7.76. The van der Waals surface area contributed by atoms with Gasteiger partial charge < -0.3 is 9.64 Å². The van der Waals surface area contributed by atoms with Crippen molar-refractivity contribution >= 4 is 46.3 Å². The molecule has 5 nitrogen and oxygen atoms in total. The molecule has 2 aliphatic rings. The van der Waals surface area contributed by atoms with Crippen LogP contribution < -0.4 is 4.90 Å². The SMILES string of the molecule is O=C1C(c2ccc(C(F)(F)F)cc2)=C(N2CCOCC2)C(=O)N1c1ccc(Cl)c(Cl)c1. The molecule has 0 spiro atoms. The maximum Gasteiger partial charge on any atom is 0.416 e. The number of halogens is 5. The molecule has 0 radical (unpaired) electrons. The van der Waals surface area contributed by atoms with Crippen LogP contribution in [0, 0.1) is 0 Å². The van der Waals surface area contributed by atoms with Crippen LogP contribution in [0.4, 0.5) is 18.9 Å². The van der Waals surface area contributed by atoms with Crippen LogP contribution in [0.1, 0.15) is 11.1 Å². The predicted octanol–water partition coefficient (Wildman–Crippen LogP) is 4.63. The van der Waals surface area contributed by atoms with E-state index in [2.05, 4.69) is 0 Å². The molecule has 2 amide bonds. The number of rotatable bonds is 3. The van der Waals surface area contributed by atoms with Crippen LogP contribution in [0.15, 0.2) is 48.2 Å². The van der Waals surface area contributed by atoms with Crippen molar-refractivity contribution in [1.82, 2.24) is 4.90 Å². The largest absolute Gasteiger partial charge is 0.416 e. The lowest BCUT2D eigenvalue weighted by Crippen LogP contribution is -2.40. The van der Waals surface area contributed by atoms with Gasteiger partial charge in [-0.3, -0.25) is 9.59 Å². The number of ether oxygens (including phenoxy) is 1. The third-order valence-electron chi connectivity index (χ3n) is 5.05. The van der Waals surface area contributed by atoms with E-state index < -0.39 is 23.6 Å². The summed E-state index contributed by atoms with van der Waals surface area (Å²) >= 11 is 12.0. The Hall–Kier alpha value is -2.55. The molecule has 0 saturated carbocycles. The number of carbonyl (C=O) groups excluding carboxylic acids is 2. The van der Waals surface area contributed by atoms with E-state index in [1.54, 1.807) is 4.90 Å².